The molecule has 1 saturated heterocycles. The molecule has 0 aliphatic carbocycles. The zero-order valence-electron chi connectivity index (χ0n) is 16.3. The molecule has 1 aromatic heterocycles. The second-order valence-electron chi connectivity index (χ2n) is 6.70. The number of carbonyl (C=O) groups is 4. The number of rotatable bonds is 4. The summed E-state index contributed by atoms with van der Waals surface area (Å²) in [6.45, 7) is 1.87. The van der Waals surface area contributed by atoms with E-state index in [-0.39, 0.29) is 17.1 Å². The maximum absolute atomic E-state index is 13.0. The van der Waals surface area contributed by atoms with Gasteiger partial charge < -0.3 is 9.15 Å². The third-order valence-corrected chi connectivity index (χ3v) is 4.54. The van der Waals surface area contributed by atoms with Crippen molar-refractivity contribution < 1.29 is 28.3 Å². The van der Waals surface area contributed by atoms with Crippen LogP contribution < -0.4 is 15.0 Å². The van der Waals surface area contributed by atoms with Crippen LogP contribution in [0.5, 0.6) is 5.75 Å². The van der Waals surface area contributed by atoms with Gasteiger partial charge in [0.2, 0.25) is 5.76 Å². The molecule has 1 fully saturated rings. The highest BCUT2D eigenvalue weighted by atomic mass is 16.5. The molecule has 1 aliphatic heterocycles. The molecular formula is C23H16N2O6. The number of benzene rings is 2. The number of esters is 1. The molecule has 2 heterocycles. The number of hydrogen-bond acceptors (Lipinski definition) is 6. The minimum absolute atomic E-state index is 0.00471. The van der Waals surface area contributed by atoms with E-state index in [0.717, 1.165) is 10.5 Å². The Morgan fingerprint density at radius 1 is 1.00 bits per heavy atom. The molecule has 0 bridgehead atoms. The molecule has 0 atom stereocenters. The number of carbonyl (C=O) groups excluding carboxylic acids is 4. The maximum Gasteiger partial charge on any atom is 0.379 e. The Morgan fingerprint density at radius 3 is 2.45 bits per heavy atom. The predicted octanol–water partition coefficient (Wildman–Crippen LogP) is 3.47. The second-order valence-corrected chi connectivity index (χ2v) is 6.70. The van der Waals surface area contributed by atoms with Crippen LogP contribution in [0.15, 0.2) is 76.9 Å². The molecule has 2 aromatic carbocycles. The van der Waals surface area contributed by atoms with Crippen LogP contribution in [0.2, 0.25) is 0 Å². The van der Waals surface area contributed by atoms with E-state index in [2.05, 4.69) is 5.32 Å². The van der Waals surface area contributed by atoms with Gasteiger partial charge in [-0.25, -0.2) is 14.5 Å². The Labute approximate surface area is 176 Å². The summed E-state index contributed by atoms with van der Waals surface area (Å²) < 4.78 is 10.4. The van der Waals surface area contributed by atoms with E-state index in [1.54, 1.807) is 48.5 Å². The summed E-state index contributed by atoms with van der Waals surface area (Å²) >= 11 is 0. The molecule has 0 radical (unpaired) electrons. The number of amides is 4. The SMILES string of the molecule is Cc1ccc(N2C(=O)NC(=O)C(=Cc3ccccc3OC(=O)c3ccco3)C2=O)cc1. The smallest absolute Gasteiger partial charge is 0.379 e. The Kier molecular flexibility index (Phi) is 5.19. The van der Waals surface area contributed by atoms with Crippen molar-refractivity contribution in [1.82, 2.24) is 5.32 Å². The fraction of sp³-hybridized carbons (Fsp3) is 0.0435. The summed E-state index contributed by atoms with van der Waals surface area (Å²) in [6, 6.07) is 15.3. The van der Waals surface area contributed by atoms with Gasteiger partial charge in [0.05, 0.1) is 12.0 Å². The highest BCUT2D eigenvalue weighted by molar-refractivity contribution is 6.39. The van der Waals surface area contributed by atoms with Crippen LogP contribution in [0.4, 0.5) is 10.5 Å². The van der Waals surface area contributed by atoms with Gasteiger partial charge in [0.25, 0.3) is 11.8 Å². The normalized spacial score (nSPS) is 15.2. The molecule has 0 spiro atoms. The first kappa shape index (κ1) is 19.8. The van der Waals surface area contributed by atoms with Crippen molar-refractivity contribution in [2.24, 2.45) is 0 Å². The van der Waals surface area contributed by atoms with Gasteiger partial charge >= 0.3 is 12.0 Å². The van der Waals surface area contributed by atoms with Gasteiger partial charge in [0.1, 0.15) is 11.3 Å². The first-order valence-corrected chi connectivity index (χ1v) is 9.27. The molecular weight excluding hydrogens is 400 g/mol. The molecule has 31 heavy (non-hydrogen) atoms. The second kappa shape index (κ2) is 8.11. The fourth-order valence-corrected chi connectivity index (χ4v) is 2.98. The predicted molar refractivity (Wildman–Crippen MR) is 110 cm³/mol. The maximum atomic E-state index is 13.0. The van der Waals surface area contributed by atoms with Crippen LogP contribution in [0.3, 0.4) is 0 Å². The molecule has 154 valence electrons. The molecule has 1 N–H and O–H groups in total. The summed E-state index contributed by atoms with van der Waals surface area (Å²) in [4.78, 5) is 50.8. The summed E-state index contributed by atoms with van der Waals surface area (Å²) in [5.41, 5.74) is 1.30. The number of para-hydroxylation sites is 1. The largest absolute Gasteiger partial charge is 0.457 e. The molecule has 4 amide bonds. The highest BCUT2D eigenvalue weighted by Crippen LogP contribution is 2.26. The monoisotopic (exact) mass is 416 g/mol. The third-order valence-electron chi connectivity index (χ3n) is 4.54. The molecule has 0 unspecified atom stereocenters. The number of aryl methyl sites for hydroxylation is 1. The van der Waals surface area contributed by atoms with Gasteiger partial charge in [-0.3, -0.25) is 14.9 Å². The van der Waals surface area contributed by atoms with Gasteiger partial charge in [0.15, 0.2) is 0 Å². The summed E-state index contributed by atoms with van der Waals surface area (Å²) in [6.07, 6.45) is 2.61. The lowest BCUT2D eigenvalue weighted by Crippen LogP contribution is -2.54. The van der Waals surface area contributed by atoms with Gasteiger partial charge in [-0.2, -0.15) is 0 Å². The minimum atomic E-state index is -0.842. The number of nitrogens with one attached hydrogen (secondary N) is 1. The average Bonchev–Trinajstić information content (AvgIpc) is 3.28. The van der Waals surface area contributed by atoms with E-state index in [0.29, 0.717) is 11.3 Å². The number of hydrogen-bond donors (Lipinski definition) is 1. The number of nitrogens with zero attached hydrogens (tertiary/aromatic N) is 1. The molecule has 1 aliphatic rings. The quantitative estimate of drug-likeness (QED) is 0.302. The number of ether oxygens (including phenoxy) is 1. The minimum Gasteiger partial charge on any atom is -0.457 e. The molecule has 0 saturated carbocycles. The number of furan rings is 1. The van der Waals surface area contributed by atoms with Crippen molar-refractivity contribution in [3.05, 3.63) is 89.4 Å². The summed E-state index contributed by atoms with van der Waals surface area (Å²) in [5.74, 6) is -2.23. The highest BCUT2D eigenvalue weighted by Gasteiger charge is 2.37. The van der Waals surface area contributed by atoms with Gasteiger partial charge in [0, 0.05) is 5.56 Å². The molecule has 8 nitrogen and oxygen atoms in total. The molecule has 8 heteroatoms. The lowest BCUT2D eigenvalue weighted by Gasteiger charge is -2.26. The zero-order chi connectivity index (χ0) is 22.0. The lowest BCUT2D eigenvalue weighted by molar-refractivity contribution is -0.122. The fourth-order valence-electron chi connectivity index (χ4n) is 2.98. The number of anilines is 1. The van der Waals surface area contributed by atoms with E-state index in [1.807, 2.05) is 6.92 Å². The Bertz CT molecular complexity index is 1210. The topological polar surface area (TPSA) is 106 Å². The van der Waals surface area contributed by atoms with Gasteiger partial charge in [-0.15, -0.1) is 0 Å². The van der Waals surface area contributed by atoms with Crippen molar-refractivity contribution in [1.29, 1.82) is 0 Å². The zero-order valence-corrected chi connectivity index (χ0v) is 16.3. The van der Waals surface area contributed by atoms with Crippen molar-refractivity contribution in [3.63, 3.8) is 0 Å². The van der Waals surface area contributed by atoms with Crippen molar-refractivity contribution in [3.8, 4) is 5.75 Å². The third kappa shape index (κ3) is 3.99. The van der Waals surface area contributed by atoms with Crippen molar-refractivity contribution in [2.45, 2.75) is 6.92 Å². The number of imide groups is 2. The van der Waals surface area contributed by atoms with E-state index in [9.17, 15) is 19.2 Å². The van der Waals surface area contributed by atoms with Crippen LogP contribution in [0.1, 0.15) is 21.7 Å². The Morgan fingerprint density at radius 2 is 1.74 bits per heavy atom. The standard InChI is InChI=1S/C23H16N2O6/c1-14-8-10-16(11-9-14)25-21(27)17(20(26)24-23(25)29)13-15-5-2-3-6-18(15)31-22(28)19-7-4-12-30-19/h2-13H,1H3,(H,24,26,29). The average molecular weight is 416 g/mol. The molecule has 3 aromatic rings. The van der Waals surface area contributed by atoms with Crippen LogP contribution in [0, 0.1) is 6.92 Å². The summed E-state index contributed by atoms with van der Waals surface area (Å²) in [7, 11) is 0. The van der Waals surface area contributed by atoms with Crippen molar-refractivity contribution >= 4 is 35.6 Å². The number of urea groups is 1. The Hall–Kier alpha value is -4.46. The van der Waals surface area contributed by atoms with E-state index in [1.165, 1.54) is 24.5 Å². The Balaban J connectivity index is 1.68. The summed E-state index contributed by atoms with van der Waals surface area (Å²) in [5, 5.41) is 2.16. The van der Waals surface area contributed by atoms with Gasteiger partial charge in [-0.1, -0.05) is 35.9 Å². The molecule has 4 rings (SSSR count). The van der Waals surface area contributed by atoms with Crippen LogP contribution in [0.25, 0.3) is 6.08 Å². The lowest BCUT2D eigenvalue weighted by atomic mass is 10.1. The van der Waals surface area contributed by atoms with E-state index in [4.69, 9.17) is 9.15 Å². The van der Waals surface area contributed by atoms with Crippen LogP contribution in [-0.2, 0) is 9.59 Å². The number of barbiturate groups is 1. The van der Waals surface area contributed by atoms with E-state index >= 15 is 0 Å². The first-order valence-electron chi connectivity index (χ1n) is 9.27. The first-order chi connectivity index (χ1) is 14.9. The van der Waals surface area contributed by atoms with Crippen LogP contribution >= 0.6 is 0 Å². The van der Waals surface area contributed by atoms with E-state index < -0.39 is 23.8 Å². The van der Waals surface area contributed by atoms with Crippen molar-refractivity contribution in [2.75, 3.05) is 4.90 Å². The van der Waals surface area contributed by atoms with Crippen LogP contribution in [-0.4, -0.2) is 23.8 Å². The van der Waals surface area contributed by atoms with Gasteiger partial charge in [-0.05, 0) is 43.3 Å².